The van der Waals surface area contributed by atoms with Gasteiger partial charge in [-0.2, -0.15) is 0 Å². The molecular weight excluding hydrogens is 246 g/mol. The average molecular weight is 267 g/mol. The number of hydrogen-bond acceptors (Lipinski definition) is 4. The Balaban J connectivity index is 2.74. The minimum atomic E-state index is -0.262. The fourth-order valence-electron chi connectivity index (χ4n) is 1.75. The van der Waals surface area contributed by atoms with Crippen molar-refractivity contribution in [2.24, 2.45) is 0 Å². The first kappa shape index (κ1) is 15.2. The Kier molecular flexibility index (Phi) is 6.08. The fraction of sp³-hybridized carbons (Fsp3) is 0.538. The molecule has 0 spiro atoms. The van der Waals surface area contributed by atoms with Gasteiger partial charge < -0.3 is 20.3 Å². The van der Waals surface area contributed by atoms with Crippen LogP contribution in [-0.2, 0) is 11.3 Å². The van der Waals surface area contributed by atoms with Crippen molar-refractivity contribution in [2.45, 2.75) is 26.3 Å². The van der Waals surface area contributed by atoms with Gasteiger partial charge in [0.1, 0.15) is 6.54 Å². The minimum Gasteiger partial charge on any atom is -0.398 e. The van der Waals surface area contributed by atoms with Gasteiger partial charge in [-0.3, -0.25) is 9.59 Å². The zero-order chi connectivity index (χ0) is 14.3. The first-order valence-corrected chi connectivity index (χ1v) is 6.43. The predicted molar refractivity (Wildman–Crippen MR) is 73.7 cm³/mol. The molecule has 1 aromatic rings. The Hall–Kier alpha value is -1.82. The maximum atomic E-state index is 12.1. The molecule has 0 unspecified atom stereocenters. The summed E-state index contributed by atoms with van der Waals surface area (Å²) in [5.74, 6) is -0.185. The second-order valence-corrected chi connectivity index (χ2v) is 4.39. The molecule has 0 aliphatic rings. The number of amides is 1. The maximum absolute atomic E-state index is 12.1. The largest absolute Gasteiger partial charge is 0.398 e. The lowest BCUT2D eigenvalue weighted by Gasteiger charge is -2.22. The Morgan fingerprint density at radius 1 is 1.42 bits per heavy atom. The second-order valence-electron chi connectivity index (χ2n) is 4.39. The molecule has 0 aliphatic heterocycles. The Labute approximate surface area is 112 Å². The zero-order valence-corrected chi connectivity index (χ0v) is 11.2. The molecule has 0 atom stereocenters. The third kappa shape index (κ3) is 4.75. The van der Waals surface area contributed by atoms with E-state index in [0.29, 0.717) is 12.2 Å². The van der Waals surface area contributed by atoms with Crippen molar-refractivity contribution in [2.75, 3.05) is 25.4 Å². The number of pyridine rings is 1. The van der Waals surface area contributed by atoms with Gasteiger partial charge in [0, 0.05) is 31.0 Å². The number of anilines is 1. The number of nitrogens with two attached hydrogens (primary N) is 1. The number of carbonyl (C=O) groups is 1. The molecule has 6 heteroatoms. The highest BCUT2D eigenvalue weighted by atomic mass is 16.3. The van der Waals surface area contributed by atoms with Crippen LogP contribution in [0.15, 0.2) is 23.1 Å². The standard InChI is InChI=1S/C13H21N3O3/c1-2-3-6-15(7-8-17)13(19)10-16-9-11(14)4-5-12(16)18/h4-5,9,17H,2-3,6-8,10,14H2,1H3. The molecule has 1 heterocycles. The molecule has 0 aliphatic carbocycles. The summed E-state index contributed by atoms with van der Waals surface area (Å²) in [6, 6.07) is 2.84. The van der Waals surface area contributed by atoms with Gasteiger partial charge in [0.2, 0.25) is 5.91 Å². The van der Waals surface area contributed by atoms with Gasteiger partial charge in [-0.15, -0.1) is 0 Å². The molecule has 1 rings (SSSR count). The van der Waals surface area contributed by atoms with Gasteiger partial charge >= 0.3 is 0 Å². The lowest BCUT2D eigenvalue weighted by Crippen LogP contribution is -2.38. The third-order valence-corrected chi connectivity index (χ3v) is 2.82. The topological polar surface area (TPSA) is 88.6 Å². The normalized spacial score (nSPS) is 10.4. The van der Waals surface area contributed by atoms with E-state index in [1.54, 1.807) is 4.90 Å². The highest BCUT2D eigenvalue weighted by molar-refractivity contribution is 5.76. The van der Waals surface area contributed by atoms with E-state index in [9.17, 15) is 9.59 Å². The number of carbonyl (C=O) groups excluding carboxylic acids is 1. The smallest absolute Gasteiger partial charge is 0.251 e. The lowest BCUT2D eigenvalue weighted by molar-refractivity contribution is -0.132. The van der Waals surface area contributed by atoms with E-state index in [0.717, 1.165) is 12.8 Å². The number of rotatable bonds is 7. The SMILES string of the molecule is CCCCN(CCO)C(=O)Cn1cc(N)ccc1=O. The van der Waals surface area contributed by atoms with E-state index in [1.807, 2.05) is 6.92 Å². The van der Waals surface area contributed by atoms with Gasteiger partial charge in [-0.05, 0) is 12.5 Å². The zero-order valence-electron chi connectivity index (χ0n) is 11.2. The number of aliphatic hydroxyl groups is 1. The third-order valence-electron chi connectivity index (χ3n) is 2.82. The monoisotopic (exact) mass is 267 g/mol. The van der Waals surface area contributed by atoms with Crippen LogP contribution in [0.2, 0.25) is 0 Å². The molecule has 0 radical (unpaired) electrons. The van der Waals surface area contributed by atoms with E-state index >= 15 is 0 Å². The van der Waals surface area contributed by atoms with Crippen LogP contribution in [0.4, 0.5) is 5.69 Å². The van der Waals surface area contributed by atoms with Crippen molar-refractivity contribution in [3.05, 3.63) is 28.7 Å². The van der Waals surface area contributed by atoms with E-state index in [2.05, 4.69) is 0 Å². The molecule has 0 bridgehead atoms. The number of nitrogen functional groups attached to an aromatic ring is 1. The summed E-state index contributed by atoms with van der Waals surface area (Å²) in [5.41, 5.74) is 5.77. The molecule has 0 saturated carbocycles. The summed E-state index contributed by atoms with van der Waals surface area (Å²) >= 11 is 0. The second kappa shape index (κ2) is 7.58. The van der Waals surface area contributed by atoms with E-state index in [4.69, 9.17) is 10.8 Å². The van der Waals surface area contributed by atoms with Crippen molar-refractivity contribution in [3.63, 3.8) is 0 Å². The highest BCUT2D eigenvalue weighted by Gasteiger charge is 2.13. The fourth-order valence-corrected chi connectivity index (χ4v) is 1.75. The molecule has 106 valence electrons. The van der Waals surface area contributed by atoms with E-state index < -0.39 is 0 Å². The Morgan fingerprint density at radius 2 is 2.16 bits per heavy atom. The quantitative estimate of drug-likeness (QED) is 0.730. The van der Waals surface area contributed by atoms with E-state index in [-0.39, 0.29) is 31.2 Å². The molecule has 6 nitrogen and oxygen atoms in total. The number of nitrogens with zero attached hydrogens (tertiary/aromatic N) is 2. The highest BCUT2D eigenvalue weighted by Crippen LogP contribution is 2.00. The van der Waals surface area contributed by atoms with Crippen LogP contribution in [0.3, 0.4) is 0 Å². The van der Waals surface area contributed by atoms with Crippen molar-refractivity contribution >= 4 is 11.6 Å². The number of aromatic nitrogens is 1. The van der Waals surface area contributed by atoms with Gasteiger partial charge in [0.25, 0.3) is 5.56 Å². The van der Waals surface area contributed by atoms with Crippen molar-refractivity contribution in [3.8, 4) is 0 Å². The number of hydrogen-bond donors (Lipinski definition) is 2. The predicted octanol–water partition coefficient (Wildman–Crippen LogP) is 0.0515. The maximum Gasteiger partial charge on any atom is 0.251 e. The van der Waals surface area contributed by atoms with Gasteiger partial charge in [-0.1, -0.05) is 13.3 Å². The molecule has 0 aromatic carbocycles. The molecule has 19 heavy (non-hydrogen) atoms. The Morgan fingerprint density at radius 3 is 2.79 bits per heavy atom. The lowest BCUT2D eigenvalue weighted by atomic mass is 10.3. The van der Waals surface area contributed by atoms with Gasteiger partial charge in [0.05, 0.1) is 6.61 Å². The van der Waals surface area contributed by atoms with Crippen LogP contribution in [0.1, 0.15) is 19.8 Å². The van der Waals surface area contributed by atoms with Crippen molar-refractivity contribution in [1.29, 1.82) is 0 Å². The number of aliphatic hydroxyl groups excluding tert-OH is 1. The first-order chi connectivity index (χ1) is 9.08. The van der Waals surface area contributed by atoms with Gasteiger partial charge in [0.15, 0.2) is 0 Å². The van der Waals surface area contributed by atoms with Crippen LogP contribution in [-0.4, -0.2) is 40.2 Å². The number of unbranched alkanes of at least 4 members (excludes halogenated alkanes) is 1. The van der Waals surface area contributed by atoms with Crippen molar-refractivity contribution < 1.29 is 9.90 Å². The van der Waals surface area contributed by atoms with Crippen LogP contribution < -0.4 is 11.3 Å². The summed E-state index contributed by atoms with van der Waals surface area (Å²) in [6.45, 7) is 2.78. The molecule has 0 saturated heterocycles. The van der Waals surface area contributed by atoms with E-state index in [1.165, 1.54) is 22.9 Å². The van der Waals surface area contributed by atoms with Crippen LogP contribution >= 0.6 is 0 Å². The molecule has 0 fully saturated rings. The summed E-state index contributed by atoms with van der Waals surface area (Å²) in [6.07, 6.45) is 3.29. The van der Waals surface area contributed by atoms with Gasteiger partial charge in [-0.25, -0.2) is 0 Å². The molecular formula is C13H21N3O3. The summed E-state index contributed by atoms with van der Waals surface area (Å²) in [5, 5.41) is 8.97. The summed E-state index contributed by atoms with van der Waals surface area (Å²) in [4.78, 5) is 25.2. The first-order valence-electron chi connectivity index (χ1n) is 6.43. The van der Waals surface area contributed by atoms with Crippen LogP contribution in [0.5, 0.6) is 0 Å². The molecule has 1 amide bonds. The minimum absolute atomic E-state index is 0.0480. The summed E-state index contributed by atoms with van der Waals surface area (Å²) < 4.78 is 1.29. The molecule has 1 aromatic heterocycles. The molecule has 3 N–H and O–H groups in total. The van der Waals surface area contributed by atoms with Crippen LogP contribution in [0, 0.1) is 0 Å². The average Bonchev–Trinajstić information content (AvgIpc) is 2.38. The Bertz CT molecular complexity index is 470. The summed E-state index contributed by atoms with van der Waals surface area (Å²) in [7, 11) is 0. The van der Waals surface area contributed by atoms with Crippen molar-refractivity contribution in [1.82, 2.24) is 9.47 Å². The van der Waals surface area contributed by atoms with Crippen LogP contribution in [0.25, 0.3) is 0 Å².